The molecule has 2 aromatic carbocycles. The van der Waals surface area contributed by atoms with E-state index in [1.807, 2.05) is 18.2 Å². The number of aryl methyl sites for hydroxylation is 1. The minimum atomic E-state index is 0.0577. The number of amides is 1. The minimum Gasteiger partial charge on any atom is -0.454 e. The van der Waals surface area contributed by atoms with E-state index in [2.05, 4.69) is 36.5 Å². The molecule has 3 rings (SSSR count). The van der Waals surface area contributed by atoms with E-state index in [1.165, 1.54) is 10.5 Å². The zero-order chi connectivity index (χ0) is 16.1. The monoisotopic (exact) mass is 329 g/mol. The van der Waals surface area contributed by atoms with E-state index in [0.717, 1.165) is 22.8 Å². The molecule has 1 amide bonds. The van der Waals surface area contributed by atoms with Crippen molar-refractivity contribution in [3.63, 3.8) is 0 Å². The molecule has 0 radical (unpaired) electrons. The average Bonchev–Trinajstić information content (AvgIpc) is 3.02. The molecular weight excluding hydrogens is 310 g/mol. The van der Waals surface area contributed by atoms with Crippen LogP contribution in [0.15, 0.2) is 47.4 Å². The summed E-state index contributed by atoms with van der Waals surface area (Å²) in [6.45, 7) is 2.84. The van der Waals surface area contributed by atoms with E-state index in [-0.39, 0.29) is 12.7 Å². The summed E-state index contributed by atoms with van der Waals surface area (Å²) >= 11 is 1.70. The number of thioether (sulfide) groups is 1. The molecule has 1 aliphatic heterocycles. The predicted octanol–water partition coefficient (Wildman–Crippen LogP) is 3.52. The lowest BCUT2D eigenvalue weighted by molar-refractivity contribution is -0.120. The van der Waals surface area contributed by atoms with Gasteiger partial charge >= 0.3 is 0 Å². The number of rotatable bonds is 6. The van der Waals surface area contributed by atoms with Crippen LogP contribution < -0.4 is 14.8 Å². The van der Waals surface area contributed by atoms with E-state index in [0.29, 0.717) is 13.0 Å². The molecule has 0 saturated carbocycles. The Kier molecular flexibility index (Phi) is 5.08. The van der Waals surface area contributed by atoms with Crippen LogP contribution in [0.4, 0.5) is 0 Å². The van der Waals surface area contributed by atoms with E-state index < -0.39 is 0 Å². The minimum absolute atomic E-state index is 0.0577. The number of nitrogens with one attached hydrogen (secondary N) is 1. The Morgan fingerprint density at radius 3 is 2.74 bits per heavy atom. The van der Waals surface area contributed by atoms with Crippen LogP contribution in [0.25, 0.3) is 0 Å². The normalized spacial score (nSPS) is 12.2. The molecule has 0 aliphatic carbocycles. The van der Waals surface area contributed by atoms with Gasteiger partial charge in [-0.25, -0.2) is 0 Å². The maximum Gasteiger partial charge on any atom is 0.231 e. The average molecular weight is 329 g/mol. The molecular formula is C18H19NO3S. The molecule has 2 aromatic rings. The number of hydrogen-bond acceptors (Lipinski definition) is 4. The Labute approximate surface area is 140 Å². The van der Waals surface area contributed by atoms with E-state index in [9.17, 15) is 4.79 Å². The van der Waals surface area contributed by atoms with Crippen molar-refractivity contribution in [1.29, 1.82) is 0 Å². The van der Waals surface area contributed by atoms with Crippen molar-refractivity contribution in [2.24, 2.45) is 0 Å². The Morgan fingerprint density at radius 2 is 1.91 bits per heavy atom. The second-order valence-corrected chi connectivity index (χ2v) is 6.54. The second-order valence-electron chi connectivity index (χ2n) is 5.38. The maximum absolute atomic E-state index is 11.9. The lowest BCUT2D eigenvalue weighted by atomic mass is 10.2. The second kappa shape index (κ2) is 7.42. The van der Waals surface area contributed by atoms with Crippen LogP contribution in [0.5, 0.6) is 11.5 Å². The van der Waals surface area contributed by atoms with Gasteiger partial charge in [0.1, 0.15) is 0 Å². The summed E-state index contributed by atoms with van der Waals surface area (Å²) in [5.74, 6) is 2.33. The molecule has 23 heavy (non-hydrogen) atoms. The SMILES string of the molecule is Cc1ccc(SCCC(=O)NCc2ccc3c(c2)OCO3)cc1. The van der Waals surface area contributed by atoms with Gasteiger partial charge < -0.3 is 14.8 Å². The zero-order valence-corrected chi connectivity index (χ0v) is 13.8. The first-order valence-corrected chi connectivity index (χ1v) is 8.54. The molecule has 4 nitrogen and oxygen atoms in total. The van der Waals surface area contributed by atoms with Gasteiger partial charge in [0.2, 0.25) is 12.7 Å². The summed E-state index contributed by atoms with van der Waals surface area (Å²) < 4.78 is 10.6. The highest BCUT2D eigenvalue weighted by atomic mass is 32.2. The molecule has 0 aromatic heterocycles. The molecule has 120 valence electrons. The standard InChI is InChI=1S/C18H19NO3S/c1-13-2-5-15(6-3-13)23-9-8-18(20)19-11-14-4-7-16-17(10-14)22-12-21-16/h2-7,10H,8-9,11-12H2,1H3,(H,19,20). The van der Waals surface area contributed by atoms with E-state index in [1.54, 1.807) is 11.8 Å². The summed E-state index contributed by atoms with van der Waals surface area (Å²) in [6.07, 6.45) is 0.503. The largest absolute Gasteiger partial charge is 0.454 e. The lowest BCUT2D eigenvalue weighted by Crippen LogP contribution is -2.22. The Balaban J connectivity index is 1.40. The molecule has 0 spiro atoms. The van der Waals surface area contributed by atoms with Crippen LogP contribution in [-0.4, -0.2) is 18.5 Å². The predicted molar refractivity (Wildman–Crippen MR) is 90.9 cm³/mol. The van der Waals surface area contributed by atoms with Crippen molar-refractivity contribution >= 4 is 17.7 Å². The Hall–Kier alpha value is -2.14. The van der Waals surface area contributed by atoms with Crippen molar-refractivity contribution in [3.05, 3.63) is 53.6 Å². The third kappa shape index (κ3) is 4.42. The van der Waals surface area contributed by atoms with Crippen molar-refractivity contribution in [2.75, 3.05) is 12.5 Å². The van der Waals surface area contributed by atoms with Crippen molar-refractivity contribution in [2.45, 2.75) is 24.8 Å². The quantitative estimate of drug-likeness (QED) is 0.824. The molecule has 0 unspecified atom stereocenters. The maximum atomic E-state index is 11.9. The van der Waals surface area contributed by atoms with Crippen LogP contribution in [0, 0.1) is 6.92 Å². The number of carbonyl (C=O) groups is 1. The van der Waals surface area contributed by atoms with Crippen LogP contribution >= 0.6 is 11.8 Å². The van der Waals surface area contributed by atoms with Crippen molar-refractivity contribution in [3.8, 4) is 11.5 Å². The summed E-state index contributed by atoms with van der Waals surface area (Å²) in [4.78, 5) is 13.1. The topological polar surface area (TPSA) is 47.6 Å². The first-order chi connectivity index (χ1) is 11.2. The molecule has 1 N–H and O–H groups in total. The fourth-order valence-electron chi connectivity index (χ4n) is 2.24. The van der Waals surface area contributed by atoms with Gasteiger partial charge in [-0.2, -0.15) is 0 Å². The smallest absolute Gasteiger partial charge is 0.231 e. The molecule has 0 atom stereocenters. The molecule has 5 heteroatoms. The molecule has 1 heterocycles. The van der Waals surface area contributed by atoms with Gasteiger partial charge in [-0.05, 0) is 36.8 Å². The van der Waals surface area contributed by atoms with Crippen molar-refractivity contribution < 1.29 is 14.3 Å². The Morgan fingerprint density at radius 1 is 1.13 bits per heavy atom. The third-order valence-electron chi connectivity index (χ3n) is 3.55. The molecule has 0 bridgehead atoms. The first kappa shape index (κ1) is 15.7. The van der Waals surface area contributed by atoms with Crippen LogP contribution in [0.3, 0.4) is 0 Å². The van der Waals surface area contributed by atoms with E-state index >= 15 is 0 Å². The third-order valence-corrected chi connectivity index (χ3v) is 4.56. The highest BCUT2D eigenvalue weighted by molar-refractivity contribution is 7.99. The highest BCUT2D eigenvalue weighted by Crippen LogP contribution is 2.32. The van der Waals surface area contributed by atoms with Crippen LogP contribution in [0.2, 0.25) is 0 Å². The van der Waals surface area contributed by atoms with Gasteiger partial charge in [-0.15, -0.1) is 11.8 Å². The van der Waals surface area contributed by atoms with Gasteiger partial charge in [0.25, 0.3) is 0 Å². The first-order valence-electron chi connectivity index (χ1n) is 7.55. The number of ether oxygens (including phenoxy) is 2. The number of carbonyl (C=O) groups excluding carboxylic acids is 1. The number of hydrogen-bond donors (Lipinski definition) is 1. The van der Waals surface area contributed by atoms with Gasteiger partial charge in [0.15, 0.2) is 11.5 Å². The van der Waals surface area contributed by atoms with Gasteiger partial charge in [0.05, 0.1) is 0 Å². The van der Waals surface area contributed by atoms with E-state index in [4.69, 9.17) is 9.47 Å². The summed E-state index contributed by atoms with van der Waals surface area (Å²) in [5, 5.41) is 2.94. The highest BCUT2D eigenvalue weighted by Gasteiger charge is 2.13. The van der Waals surface area contributed by atoms with Crippen LogP contribution in [-0.2, 0) is 11.3 Å². The van der Waals surface area contributed by atoms with Crippen LogP contribution in [0.1, 0.15) is 17.5 Å². The van der Waals surface area contributed by atoms with Gasteiger partial charge in [0, 0.05) is 23.6 Å². The van der Waals surface area contributed by atoms with Gasteiger partial charge in [-0.1, -0.05) is 23.8 Å². The fourth-order valence-corrected chi connectivity index (χ4v) is 3.09. The van der Waals surface area contributed by atoms with Gasteiger partial charge in [-0.3, -0.25) is 4.79 Å². The Bertz CT molecular complexity index is 685. The molecule has 0 fully saturated rings. The molecule has 0 saturated heterocycles. The van der Waals surface area contributed by atoms with Crippen molar-refractivity contribution in [1.82, 2.24) is 5.32 Å². The number of fused-ring (bicyclic) bond motifs is 1. The zero-order valence-electron chi connectivity index (χ0n) is 13.0. The summed E-state index contributed by atoms with van der Waals surface area (Å²) in [5.41, 5.74) is 2.25. The number of benzene rings is 2. The molecule has 1 aliphatic rings. The fraction of sp³-hybridized carbons (Fsp3) is 0.278. The summed E-state index contributed by atoms with van der Waals surface area (Å²) in [7, 11) is 0. The summed E-state index contributed by atoms with van der Waals surface area (Å²) in [6, 6.07) is 14.1. The lowest BCUT2D eigenvalue weighted by Gasteiger charge is -2.06.